The van der Waals surface area contributed by atoms with Crippen LogP contribution in [0.15, 0.2) is 48.5 Å². The van der Waals surface area contributed by atoms with Crippen LogP contribution in [-0.4, -0.2) is 50.0 Å². The van der Waals surface area contributed by atoms with Gasteiger partial charge in [0.1, 0.15) is 18.4 Å². The van der Waals surface area contributed by atoms with Crippen molar-refractivity contribution in [1.82, 2.24) is 10.2 Å². The summed E-state index contributed by atoms with van der Waals surface area (Å²) in [4.78, 5) is 27.5. The maximum Gasteiger partial charge on any atom is 0.244 e. The Morgan fingerprint density at radius 3 is 2.36 bits per heavy atom. The summed E-state index contributed by atoms with van der Waals surface area (Å²) in [5.74, 6) is -1.64. The molecule has 2 aromatic rings. The van der Waals surface area contributed by atoms with Gasteiger partial charge in [-0.05, 0) is 50.1 Å². The van der Waals surface area contributed by atoms with Gasteiger partial charge in [-0.25, -0.2) is 12.8 Å². The van der Waals surface area contributed by atoms with Crippen molar-refractivity contribution in [3.05, 3.63) is 64.9 Å². The first-order valence-electron chi connectivity index (χ1n) is 10.5. The molecule has 7 nitrogen and oxygen atoms in total. The van der Waals surface area contributed by atoms with E-state index in [9.17, 15) is 22.4 Å². The van der Waals surface area contributed by atoms with Crippen LogP contribution in [0.2, 0.25) is 5.02 Å². The molecule has 0 saturated heterocycles. The Labute approximate surface area is 199 Å². The largest absolute Gasteiger partial charge is 0.352 e. The van der Waals surface area contributed by atoms with Crippen molar-refractivity contribution in [2.24, 2.45) is 0 Å². The van der Waals surface area contributed by atoms with Gasteiger partial charge in [0.15, 0.2) is 0 Å². The van der Waals surface area contributed by atoms with Gasteiger partial charge < -0.3 is 10.2 Å². The van der Waals surface area contributed by atoms with Crippen molar-refractivity contribution in [2.75, 3.05) is 17.1 Å². The van der Waals surface area contributed by atoms with E-state index < -0.39 is 34.3 Å². The van der Waals surface area contributed by atoms with Crippen molar-refractivity contribution in [2.45, 2.75) is 45.8 Å². The van der Waals surface area contributed by atoms with Crippen LogP contribution in [0, 0.1) is 5.82 Å². The number of benzene rings is 2. The Hall–Kier alpha value is -2.65. The summed E-state index contributed by atoms with van der Waals surface area (Å²) >= 11 is 6.27. The maximum atomic E-state index is 13.7. The molecule has 180 valence electrons. The highest BCUT2D eigenvalue weighted by Crippen LogP contribution is 2.22. The summed E-state index contributed by atoms with van der Waals surface area (Å²) < 4.78 is 39.4. The number of hydrogen-bond donors (Lipinski definition) is 1. The minimum atomic E-state index is -3.92. The number of carbonyl (C=O) groups is 2. The number of carbonyl (C=O) groups excluding carboxylic acids is 2. The van der Waals surface area contributed by atoms with Crippen LogP contribution in [0.25, 0.3) is 0 Å². The normalized spacial score (nSPS) is 13.2. The molecule has 2 unspecified atom stereocenters. The summed E-state index contributed by atoms with van der Waals surface area (Å²) in [6, 6.07) is 10.8. The number of nitrogens with one attached hydrogen (secondary N) is 1. The molecule has 0 aliphatic carbocycles. The minimum absolute atomic E-state index is 0.00560. The maximum absolute atomic E-state index is 13.7. The van der Waals surface area contributed by atoms with E-state index in [4.69, 9.17) is 11.6 Å². The lowest BCUT2D eigenvalue weighted by molar-refractivity contribution is -0.139. The van der Waals surface area contributed by atoms with Gasteiger partial charge in [-0.1, -0.05) is 42.8 Å². The summed E-state index contributed by atoms with van der Waals surface area (Å²) in [7, 11) is -3.92. The number of nitrogens with zero attached hydrogens (tertiary/aromatic N) is 2. The molecule has 2 aromatic carbocycles. The molecule has 1 N–H and O–H groups in total. The second-order valence-corrected chi connectivity index (χ2v) is 10.2. The molecular formula is C23H29ClFN3O4S. The average Bonchev–Trinajstić information content (AvgIpc) is 2.75. The Bertz CT molecular complexity index is 1100. The van der Waals surface area contributed by atoms with Crippen molar-refractivity contribution in [3.8, 4) is 0 Å². The molecule has 0 aliphatic heterocycles. The molecule has 2 rings (SSSR count). The van der Waals surface area contributed by atoms with Gasteiger partial charge >= 0.3 is 0 Å². The van der Waals surface area contributed by atoms with E-state index >= 15 is 0 Å². The van der Waals surface area contributed by atoms with Crippen molar-refractivity contribution in [1.29, 1.82) is 0 Å². The van der Waals surface area contributed by atoms with E-state index in [1.54, 1.807) is 31.2 Å². The van der Waals surface area contributed by atoms with Crippen LogP contribution in [-0.2, 0) is 26.2 Å². The molecular weight excluding hydrogens is 469 g/mol. The molecule has 0 radical (unpaired) electrons. The van der Waals surface area contributed by atoms with Crippen LogP contribution in [0.1, 0.15) is 32.8 Å². The van der Waals surface area contributed by atoms with Crippen molar-refractivity contribution in [3.63, 3.8) is 0 Å². The van der Waals surface area contributed by atoms with E-state index in [0.717, 1.165) is 16.6 Å². The summed E-state index contributed by atoms with van der Waals surface area (Å²) in [6.07, 6.45) is 1.64. The zero-order valence-corrected chi connectivity index (χ0v) is 20.7. The van der Waals surface area contributed by atoms with Gasteiger partial charge in [0.05, 0.1) is 11.9 Å². The van der Waals surface area contributed by atoms with Gasteiger partial charge in [-0.15, -0.1) is 0 Å². The second kappa shape index (κ2) is 11.5. The quantitative estimate of drug-likeness (QED) is 0.543. The van der Waals surface area contributed by atoms with E-state index in [2.05, 4.69) is 5.32 Å². The van der Waals surface area contributed by atoms with Crippen LogP contribution in [0.5, 0.6) is 0 Å². The monoisotopic (exact) mass is 497 g/mol. The first kappa shape index (κ1) is 26.6. The van der Waals surface area contributed by atoms with Gasteiger partial charge in [0.25, 0.3) is 0 Å². The van der Waals surface area contributed by atoms with Gasteiger partial charge in [-0.2, -0.15) is 0 Å². The van der Waals surface area contributed by atoms with Crippen molar-refractivity contribution >= 4 is 39.1 Å². The molecule has 0 heterocycles. The lowest BCUT2D eigenvalue weighted by Gasteiger charge is -2.32. The third-order valence-electron chi connectivity index (χ3n) is 5.24. The van der Waals surface area contributed by atoms with Crippen molar-refractivity contribution < 1.29 is 22.4 Å². The number of halogens is 2. The molecule has 10 heteroatoms. The van der Waals surface area contributed by atoms with Gasteiger partial charge in [-0.3, -0.25) is 13.9 Å². The standard InChI is InChI=1S/C23H29ClFN3O4S/c1-5-16(2)26-23(30)17(3)27(14-18-9-6-7-12-21(18)24)22(29)15-28(33(4,31)32)20-11-8-10-19(25)13-20/h6-13,16-17H,5,14-15H2,1-4H3,(H,26,30). The minimum Gasteiger partial charge on any atom is -0.352 e. The third kappa shape index (κ3) is 7.43. The molecule has 0 aliphatic rings. The molecule has 2 atom stereocenters. The fraction of sp³-hybridized carbons (Fsp3) is 0.391. The van der Waals surface area contributed by atoms with Crippen LogP contribution in [0.3, 0.4) is 0 Å². The molecule has 33 heavy (non-hydrogen) atoms. The molecule has 0 bridgehead atoms. The smallest absolute Gasteiger partial charge is 0.244 e. The Balaban J connectivity index is 2.40. The zero-order valence-electron chi connectivity index (χ0n) is 19.1. The number of hydrogen-bond acceptors (Lipinski definition) is 4. The molecule has 2 amide bonds. The number of anilines is 1. The number of sulfonamides is 1. The van der Waals surface area contributed by atoms with Crippen LogP contribution in [0.4, 0.5) is 10.1 Å². The Kier molecular flexibility index (Phi) is 9.25. The number of rotatable bonds is 10. The predicted molar refractivity (Wildman–Crippen MR) is 128 cm³/mol. The SMILES string of the molecule is CCC(C)NC(=O)C(C)N(Cc1ccccc1Cl)C(=O)CN(c1cccc(F)c1)S(C)(=O)=O. The number of amides is 2. The predicted octanol–water partition coefficient (Wildman–Crippen LogP) is 3.58. The first-order valence-corrected chi connectivity index (χ1v) is 12.7. The van der Waals surface area contributed by atoms with E-state index in [-0.39, 0.29) is 24.2 Å². The lowest BCUT2D eigenvalue weighted by Crippen LogP contribution is -2.52. The topological polar surface area (TPSA) is 86.8 Å². The summed E-state index contributed by atoms with van der Waals surface area (Å²) in [6.45, 7) is 4.73. The van der Waals surface area contributed by atoms with E-state index in [1.807, 2.05) is 13.8 Å². The molecule has 0 spiro atoms. The van der Waals surface area contributed by atoms with Crippen LogP contribution >= 0.6 is 11.6 Å². The highest BCUT2D eigenvalue weighted by atomic mass is 35.5. The lowest BCUT2D eigenvalue weighted by atomic mass is 10.1. The highest BCUT2D eigenvalue weighted by Gasteiger charge is 2.30. The Morgan fingerprint density at radius 1 is 1.12 bits per heavy atom. The van der Waals surface area contributed by atoms with E-state index in [0.29, 0.717) is 17.0 Å². The fourth-order valence-electron chi connectivity index (χ4n) is 3.10. The van der Waals surface area contributed by atoms with E-state index in [1.165, 1.54) is 23.1 Å². The van der Waals surface area contributed by atoms with Gasteiger partial charge in [0.2, 0.25) is 21.8 Å². The van der Waals surface area contributed by atoms with Gasteiger partial charge in [0, 0.05) is 17.6 Å². The summed E-state index contributed by atoms with van der Waals surface area (Å²) in [5, 5.41) is 3.25. The highest BCUT2D eigenvalue weighted by molar-refractivity contribution is 7.92. The Morgan fingerprint density at radius 2 is 1.79 bits per heavy atom. The molecule has 0 fully saturated rings. The molecule has 0 aromatic heterocycles. The third-order valence-corrected chi connectivity index (χ3v) is 6.75. The molecule has 0 saturated carbocycles. The first-order chi connectivity index (χ1) is 15.4. The fourth-order valence-corrected chi connectivity index (χ4v) is 4.14. The second-order valence-electron chi connectivity index (χ2n) is 7.86. The van der Waals surface area contributed by atoms with Crippen LogP contribution < -0.4 is 9.62 Å². The zero-order chi connectivity index (χ0) is 24.8. The summed E-state index contributed by atoms with van der Waals surface area (Å²) in [5.41, 5.74) is 0.618. The average molecular weight is 498 g/mol.